The molecule has 0 radical (unpaired) electrons. The zero-order chi connectivity index (χ0) is 14.0. The number of nitrogens with two attached hydrogens (primary N) is 1. The fourth-order valence-electron chi connectivity index (χ4n) is 2.06. The van der Waals surface area contributed by atoms with Crippen molar-refractivity contribution in [3.05, 3.63) is 59.2 Å². The molecule has 19 heavy (non-hydrogen) atoms. The highest BCUT2D eigenvalue weighted by molar-refractivity contribution is 7.90. The van der Waals surface area contributed by atoms with E-state index in [4.69, 9.17) is 5.73 Å². The molecule has 2 aromatic carbocycles. The normalized spacial score (nSPS) is 11.5. The number of sulfone groups is 1. The first-order valence-electron chi connectivity index (χ1n) is 6.03. The Bertz CT molecular complexity index is 689. The predicted molar refractivity (Wildman–Crippen MR) is 77.7 cm³/mol. The van der Waals surface area contributed by atoms with Gasteiger partial charge in [-0.2, -0.15) is 0 Å². The lowest BCUT2D eigenvalue weighted by Crippen LogP contribution is -2.07. The van der Waals surface area contributed by atoms with Crippen molar-refractivity contribution in [1.29, 1.82) is 0 Å². The molecule has 2 N–H and O–H groups in total. The second-order valence-corrected chi connectivity index (χ2v) is 6.73. The molecule has 0 fully saturated rings. The van der Waals surface area contributed by atoms with E-state index in [1.54, 1.807) is 30.3 Å². The average Bonchev–Trinajstić information content (AvgIpc) is 2.31. The Balaban J connectivity index is 2.35. The summed E-state index contributed by atoms with van der Waals surface area (Å²) in [5.41, 5.74) is 8.82. The fraction of sp³-hybridized carbons (Fsp3) is 0.200. The van der Waals surface area contributed by atoms with Gasteiger partial charge in [-0.25, -0.2) is 8.42 Å². The van der Waals surface area contributed by atoms with Gasteiger partial charge in [0.2, 0.25) is 0 Å². The number of aryl methyl sites for hydroxylation is 2. The summed E-state index contributed by atoms with van der Waals surface area (Å²) in [4.78, 5) is 0.398. The van der Waals surface area contributed by atoms with Crippen LogP contribution < -0.4 is 5.73 Å². The van der Waals surface area contributed by atoms with Gasteiger partial charge < -0.3 is 5.73 Å². The Labute approximate surface area is 114 Å². The van der Waals surface area contributed by atoms with Gasteiger partial charge in [0.25, 0.3) is 0 Å². The molecule has 4 heteroatoms. The molecule has 100 valence electrons. The van der Waals surface area contributed by atoms with Crippen LogP contribution in [-0.2, 0) is 15.6 Å². The zero-order valence-electron chi connectivity index (χ0n) is 11.1. The quantitative estimate of drug-likeness (QED) is 0.876. The lowest BCUT2D eigenvalue weighted by molar-refractivity contribution is 0.594. The summed E-state index contributed by atoms with van der Waals surface area (Å²) in [6.07, 6.45) is 0. The molecule has 0 saturated heterocycles. The maximum atomic E-state index is 12.4. The standard InChI is InChI=1S/C15H17NO2S/c1-11-3-8-15(12(2)9-11)19(17,18)10-13-4-6-14(16)7-5-13/h3-9H,10,16H2,1-2H3. The molecule has 2 rings (SSSR count). The SMILES string of the molecule is Cc1ccc(S(=O)(=O)Cc2ccc(N)cc2)c(C)c1. The molecule has 0 aromatic heterocycles. The molecule has 0 amide bonds. The Morgan fingerprint density at radius 3 is 2.21 bits per heavy atom. The first-order valence-corrected chi connectivity index (χ1v) is 7.68. The number of nitrogen functional groups attached to an aromatic ring is 1. The van der Waals surface area contributed by atoms with Crippen LogP contribution in [0, 0.1) is 13.8 Å². The summed E-state index contributed by atoms with van der Waals surface area (Å²) in [5.74, 6) is -0.00280. The largest absolute Gasteiger partial charge is 0.399 e. The topological polar surface area (TPSA) is 60.2 Å². The molecule has 0 aliphatic rings. The molecule has 0 saturated carbocycles. The van der Waals surface area contributed by atoms with E-state index >= 15 is 0 Å². The third kappa shape index (κ3) is 3.15. The molecule has 2 aromatic rings. The Kier molecular flexibility index (Phi) is 3.62. The van der Waals surface area contributed by atoms with Crippen molar-refractivity contribution in [2.75, 3.05) is 5.73 Å². The van der Waals surface area contributed by atoms with E-state index in [1.807, 2.05) is 26.0 Å². The molecule has 0 atom stereocenters. The minimum Gasteiger partial charge on any atom is -0.399 e. The van der Waals surface area contributed by atoms with E-state index in [2.05, 4.69) is 0 Å². The van der Waals surface area contributed by atoms with E-state index in [9.17, 15) is 8.42 Å². The lowest BCUT2D eigenvalue weighted by Gasteiger charge is -2.09. The number of hydrogen-bond donors (Lipinski definition) is 1. The Hall–Kier alpha value is -1.81. The first-order chi connectivity index (χ1) is 8.88. The van der Waals surface area contributed by atoms with Gasteiger partial charge in [-0.05, 0) is 43.2 Å². The van der Waals surface area contributed by atoms with E-state index in [0.29, 0.717) is 10.6 Å². The second kappa shape index (κ2) is 5.05. The minimum absolute atomic E-state index is 0.00280. The van der Waals surface area contributed by atoms with Gasteiger partial charge in [-0.3, -0.25) is 0 Å². The van der Waals surface area contributed by atoms with Crippen molar-refractivity contribution >= 4 is 15.5 Å². The van der Waals surface area contributed by atoms with Crippen LogP contribution in [0.25, 0.3) is 0 Å². The van der Waals surface area contributed by atoms with Crippen molar-refractivity contribution in [3.8, 4) is 0 Å². The van der Waals surface area contributed by atoms with Crippen LogP contribution in [0.5, 0.6) is 0 Å². The highest BCUT2D eigenvalue weighted by Gasteiger charge is 2.17. The summed E-state index contributed by atoms with van der Waals surface area (Å²) in [6.45, 7) is 3.77. The molecule has 0 bridgehead atoms. The summed E-state index contributed by atoms with van der Waals surface area (Å²) < 4.78 is 24.8. The van der Waals surface area contributed by atoms with Crippen LogP contribution in [0.2, 0.25) is 0 Å². The van der Waals surface area contributed by atoms with Gasteiger partial charge in [0.05, 0.1) is 10.6 Å². The van der Waals surface area contributed by atoms with Crippen LogP contribution in [-0.4, -0.2) is 8.42 Å². The highest BCUT2D eigenvalue weighted by atomic mass is 32.2. The predicted octanol–water partition coefficient (Wildman–Crippen LogP) is 2.86. The first kappa shape index (κ1) is 13.6. The van der Waals surface area contributed by atoms with Crippen molar-refractivity contribution in [3.63, 3.8) is 0 Å². The maximum absolute atomic E-state index is 12.4. The van der Waals surface area contributed by atoms with Gasteiger partial charge in [-0.1, -0.05) is 29.8 Å². The summed E-state index contributed by atoms with van der Waals surface area (Å²) in [7, 11) is -3.31. The third-order valence-electron chi connectivity index (χ3n) is 3.00. The minimum atomic E-state index is -3.31. The molecule has 3 nitrogen and oxygen atoms in total. The monoisotopic (exact) mass is 275 g/mol. The van der Waals surface area contributed by atoms with E-state index in [0.717, 1.165) is 16.7 Å². The van der Waals surface area contributed by atoms with Crippen LogP contribution in [0.4, 0.5) is 5.69 Å². The van der Waals surface area contributed by atoms with Crippen molar-refractivity contribution in [2.24, 2.45) is 0 Å². The lowest BCUT2D eigenvalue weighted by atomic mass is 10.2. The van der Waals surface area contributed by atoms with Gasteiger partial charge in [0.15, 0.2) is 9.84 Å². The molecule has 0 heterocycles. The molecular formula is C15H17NO2S. The molecular weight excluding hydrogens is 258 g/mol. The van der Waals surface area contributed by atoms with Gasteiger partial charge in [0, 0.05) is 5.69 Å². The number of hydrogen-bond acceptors (Lipinski definition) is 3. The van der Waals surface area contributed by atoms with Crippen LogP contribution in [0.15, 0.2) is 47.4 Å². The highest BCUT2D eigenvalue weighted by Crippen LogP contribution is 2.21. The average molecular weight is 275 g/mol. The molecule has 0 unspecified atom stereocenters. The second-order valence-electron chi connectivity index (χ2n) is 4.77. The Morgan fingerprint density at radius 1 is 1.00 bits per heavy atom. The summed E-state index contributed by atoms with van der Waals surface area (Å²) >= 11 is 0. The van der Waals surface area contributed by atoms with E-state index < -0.39 is 9.84 Å². The number of benzene rings is 2. The molecule has 0 spiro atoms. The van der Waals surface area contributed by atoms with Gasteiger partial charge >= 0.3 is 0 Å². The van der Waals surface area contributed by atoms with Crippen LogP contribution in [0.3, 0.4) is 0 Å². The Morgan fingerprint density at radius 2 is 1.63 bits per heavy atom. The number of rotatable bonds is 3. The molecule has 0 aliphatic heterocycles. The maximum Gasteiger partial charge on any atom is 0.182 e. The van der Waals surface area contributed by atoms with Crippen molar-refractivity contribution in [2.45, 2.75) is 24.5 Å². The van der Waals surface area contributed by atoms with E-state index in [1.165, 1.54) is 0 Å². The third-order valence-corrected chi connectivity index (χ3v) is 4.84. The van der Waals surface area contributed by atoms with Gasteiger partial charge in [0.1, 0.15) is 0 Å². The number of anilines is 1. The van der Waals surface area contributed by atoms with Crippen LogP contribution >= 0.6 is 0 Å². The summed E-state index contributed by atoms with van der Waals surface area (Å²) in [6, 6.07) is 12.3. The van der Waals surface area contributed by atoms with Crippen LogP contribution in [0.1, 0.15) is 16.7 Å². The zero-order valence-corrected chi connectivity index (χ0v) is 11.9. The smallest absolute Gasteiger partial charge is 0.182 e. The van der Waals surface area contributed by atoms with Gasteiger partial charge in [-0.15, -0.1) is 0 Å². The van der Waals surface area contributed by atoms with Crippen molar-refractivity contribution in [1.82, 2.24) is 0 Å². The summed E-state index contributed by atoms with van der Waals surface area (Å²) in [5, 5.41) is 0. The van der Waals surface area contributed by atoms with Crippen molar-refractivity contribution < 1.29 is 8.42 Å². The molecule has 0 aliphatic carbocycles. The van der Waals surface area contributed by atoms with E-state index in [-0.39, 0.29) is 5.75 Å². The fourth-order valence-corrected chi connectivity index (χ4v) is 3.67.